The van der Waals surface area contributed by atoms with Crippen molar-refractivity contribution in [2.45, 2.75) is 64.9 Å². The van der Waals surface area contributed by atoms with Crippen LogP contribution in [0.5, 0.6) is 0 Å². The third-order valence-corrected chi connectivity index (χ3v) is 6.17. The molecule has 1 N–H and O–H groups in total. The standard InChI is InChI=1S/C13H26O3S/c1-3-13(9-5-6-10-13)12(14)8-7-11-17(15,16)4-2/h12,14H,3-11H2,1-2H3. The lowest BCUT2D eigenvalue weighted by Gasteiger charge is -2.33. The molecule has 1 rings (SSSR count). The summed E-state index contributed by atoms with van der Waals surface area (Å²) in [7, 11) is -2.88. The Morgan fingerprint density at radius 2 is 1.82 bits per heavy atom. The monoisotopic (exact) mass is 262 g/mol. The predicted molar refractivity (Wildman–Crippen MR) is 70.8 cm³/mol. The highest BCUT2D eigenvalue weighted by Gasteiger charge is 2.38. The molecule has 102 valence electrons. The lowest BCUT2D eigenvalue weighted by atomic mass is 9.76. The van der Waals surface area contributed by atoms with Crippen LogP contribution in [-0.4, -0.2) is 31.1 Å². The van der Waals surface area contributed by atoms with Crippen LogP contribution < -0.4 is 0 Å². The normalized spacial score (nSPS) is 21.6. The van der Waals surface area contributed by atoms with Crippen molar-refractivity contribution < 1.29 is 13.5 Å². The van der Waals surface area contributed by atoms with E-state index in [0.29, 0.717) is 12.8 Å². The molecule has 1 aliphatic carbocycles. The van der Waals surface area contributed by atoms with Crippen molar-refractivity contribution in [3.63, 3.8) is 0 Å². The molecule has 0 aliphatic heterocycles. The van der Waals surface area contributed by atoms with Gasteiger partial charge in [-0.1, -0.05) is 26.7 Å². The van der Waals surface area contributed by atoms with Crippen LogP contribution in [0.3, 0.4) is 0 Å². The van der Waals surface area contributed by atoms with Crippen LogP contribution in [0.1, 0.15) is 58.8 Å². The maximum Gasteiger partial charge on any atom is 0.150 e. The Labute approximate surface area is 106 Å². The Bertz CT molecular complexity index is 316. The topological polar surface area (TPSA) is 54.4 Å². The third-order valence-electron chi connectivity index (χ3n) is 4.38. The van der Waals surface area contributed by atoms with Crippen molar-refractivity contribution in [1.29, 1.82) is 0 Å². The molecule has 4 heteroatoms. The van der Waals surface area contributed by atoms with Gasteiger partial charge in [0.05, 0.1) is 11.9 Å². The Kier molecular flexibility index (Phi) is 5.45. The summed E-state index contributed by atoms with van der Waals surface area (Å²) in [5.41, 5.74) is 0.0793. The van der Waals surface area contributed by atoms with Gasteiger partial charge in [-0.15, -0.1) is 0 Å². The van der Waals surface area contributed by atoms with E-state index in [0.717, 1.165) is 19.3 Å². The van der Waals surface area contributed by atoms with Crippen LogP contribution in [0.25, 0.3) is 0 Å². The second-order valence-electron chi connectivity index (χ2n) is 5.32. The maximum absolute atomic E-state index is 11.4. The summed E-state index contributed by atoms with van der Waals surface area (Å²) in [6.07, 6.45) is 6.54. The van der Waals surface area contributed by atoms with Gasteiger partial charge in [0.15, 0.2) is 0 Å². The highest BCUT2D eigenvalue weighted by Crippen LogP contribution is 2.45. The van der Waals surface area contributed by atoms with Crippen LogP contribution in [0.2, 0.25) is 0 Å². The smallest absolute Gasteiger partial charge is 0.150 e. The minimum Gasteiger partial charge on any atom is -0.393 e. The lowest BCUT2D eigenvalue weighted by Crippen LogP contribution is -2.32. The van der Waals surface area contributed by atoms with Gasteiger partial charge in [0.25, 0.3) is 0 Å². The van der Waals surface area contributed by atoms with Crippen molar-refractivity contribution >= 4 is 9.84 Å². The van der Waals surface area contributed by atoms with Crippen molar-refractivity contribution in [1.82, 2.24) is 0 Å². The van der Waals surface area contributed by atoms with Gasteiger partial charge in [-0.3, -0.25) is 0 Å². The highest BCUT2D eigenvalue weighted by atomic mass is 32.2. The van der Waals surface area contributed by atoms with Gasteiger partial charge in [0, 0.05) is 5.75 Å². The van der Waals surface area contributed by atoms with E-state index in [-0.39, 0.29) is 23.0 Å². The number of hydrogen-bond donors (Lipinski definition) is 1. The van der Waals surface area contributed by atoms with Crippen LogP contribution in [0.4, 0.5) is 0 Å². The van der Waals surface area contributed by atoms with Gasteiger partial charge in [-0.05, 0) is 37.5 Å². The van der Waals surface area contributed by atoms with Crippen LogP contribution in [0.15, 0.2) is 0 Å². The molecule has 1 atom stereocenters. The van der Waals surface area contributed by atoms with E-state index in [2.05, 4.69) is 6.92 Å². The first-order chi connectivity index (χ1) is 7.96. The van der Waals surface area contributed by atoms with Crippen molar-refractivity contribution in [2.75, 3.05) is 11.5 Å². The van der Waals surface area contributed by atoms with Gasteiger partial charge in [0.2, 0.25) is 0 Å². The average molecular weight is 262 g/mol. The zero-order chi connectivity index (χ0) is 12.9. The van der Waals surface area contributed by atoms with E-state index in [1.165, 1.54) is 12.8 Å². The van der Waals surface area contributed by atoms with Gasteiger partial charge < -0.3 is 5.11 Å². The molecule has 1 saturated carbocycles. The highest BCUT2D eigenvalue weighted by molar-refractivity contribution is 7.91. The van der Waals surface area contributed by atoms with Crippen molar-refractivity contribution in [2.24, 2.45) is 5.41 Å². The fraction of sp³-hybridized carbons (Fsp3) is 1.00. The molecule has 1 fully saturated rings. The zero-order valence-electron chi connectivity index (χ0n) is 11.1. The number of rotatable bonds is 7. The first-order valence-electron chi connectivity index (χ1n) is 6.84. The largest absolute Gasteiger partial charge is 0.393 e. The van der Waals surface area contributed by atoms with Crippen LogP contribution in [0, 0.1) is 5.41 Å². The van der Waals surface area contributed by atoms with E-state index in [4.69, 9.17) is 0 Å². The van der Waals surface area contributed by atoms with Crippen molar-refractivity contribution in [3.8, 4) is 0 Å². The SMILES string of the molecule is CCC1(C(O)CCCS(=O)(=O)CC)CCCC1. The molecular weight excluding hydrogens is 236 g/mol. The van der Waals surface area contributed by atoms with Gasteiger partial charge in [-0.25, -0.2) is 8.42 Å². The zero-order valence-corrected chi connectivity index (χ0v) is 11.9. The maximum atomic E-state index is 11.4. The molecule has 0 heterocycles. The van der Waals surface area contributed by atoms with E-state index in [1.54, 1.807) is 6.92 Å². The summed E-state index contributed by atoms with van der Waals surface area (Å²) in [6, 6.07) is 0. The fourth-order valence-electron chi connectivity index (χ4n) is 2.95. The summed E-state index contributed by atoms with van der Waals surface area (Å²) in [5, 5.41) is 10.3. The van der Waals surface area contributed by atoms with E-state index < -0.39 is 9.84 Å². The number of aliphatic hydroxyl groups is 1. The first kappa shape index (κ1) is 15.0. The molecule has 0 radical (unpaired) electrons. The molecule has 0 saturated heterocycles. The van der Waals surface area contributed by atoms with E-state index in [1.807, 2.05) is 0 Å². The second kappa shape index (κ2) is 6.19. The molecule has 0 amide bonds. The molecule has 0 aromatic carbocycles. The Balaban J connectivity index is 2.41. The second-order valence-corrected chi connectivity index (χ2v) is 7.79. The first-order valence-corrected chi connectivity index (χ1v) is 8.66. The molecule has 3 nitrogen and oxygen atoms in total. The summed E-state index contributed by atoms with van der Waals surface area (Å²) in [4.78, 5) is 0. The Morgan fingerprint density at radius 3 is 2.29 bits per heavy atom. The number of aliphatic hydroxyl groups excluding tert-OH is 1. The van der Waals surface area contributed by atoms with E-state index >= 15 is 0 Å². The molecule has 1 unspecified atom stereocenters. The Hall–Kier alpha value is -0.0900. The number of hydrogen-bond acceptors (Lipinski definition) is 3. The van der Waals surface area contributed by atoms with Gasteiger partial charge in [-0.2, -0.15) is 0 Å². The summed E-state index contributed by atoms with van der Waals surface area (Å²) < 4.78 is 22.7. The van der Waals surface area contributed by atoms with Gasteiger partial charge >= 0.3 is 0 Å². The summed E-state index contributed by atoms with van der Waals surface area (Å²) in [5.74, 6) is 0.433. The van der Waals surface area contributed by atoms with Crippen LogP contribution in [-0.2, 0) is 9.84 Å². The Morgan fingerprint density at radius 1 is 1.24 bits per heavy atom. The van der Waals surface area contributed by atoms with Gasteiger partial charge in [0.1, 0.15) is 9.84 Å². The molecular formula is C13H26O3S. The minimum absolute atomic E-state index is 0.0793. The van der Waals surface area contributed by atoms with Crippen LogP contribution >= 0.6 is 0 Å². The number of sulfone groups is 1. The molecule has 0 aromatic rings. The van der Waals surface area contributed by atoms with E-state index in [9.17, 15) is 13.5 Å². The summed E-state index contributed by atoms with van der Waals surface area (Å²) in [6.45, 7) is 3.81. The van der Waals surface area contributed by atoms with Crippen molar-refractivity contribution in [3.05, 3.63) is 0 Å². The lowest BCUT2D eigenvalue weighted by molar-refractivity contribution is 0.0186. The quantitative estimate of drug-likeness (QED) is 0.767. The average Bonchev–Trinajstić information content (AvgIpc) is 2.78. The fourth-order valence-corrected chi connectivity index (χ4v) is 3.84. The molecule has 1 aliphatic rings. The predicted octanol–water partition coefficient (Wildman–Crippen LogP) is 2.53. The summed E-state index contributed by atoms with van der Waals surface area (Å²) >= 11 is 0. The molecule has 17 heavy (non-hydrogen) atoms. The third kappa shape index (κ3) is 3.95. The molecule has 0 aromatic heterocycles. The molecule has 0 bridgehead atoms. The molecule has 0 spiro atoms. The minimum atomic E-state index is -2.88.